The number of carboxylic acids is 1. The molecule has 26 heavy (non-hydrogen) atoms. The van der Waals surface area contributed by atoms with Crippen LogP contribution >= 0.6 is 15.9 Å². The number of aliphatic carboxylic acids is 1. The zero-order valence-corrected chi connectivity index (χ0v) is 15.8. The lowest BCUT2D eigenvalue weighted by atomic mass is 9.94. The minimum Gasteiger partial charge on any atom is -0.480 e. The van der Waals surface area contributed by atoms with Crippen molar-refractivity contribution >= 4 is 32.7 Å². The summed E-state index contributed by atoms with van der Waals surface area (Å²) in [6.07, 6.45) is 5.24. The Labute approximate surface area is 160 Å². The molecule has 2 atom stereocenters. The second-order valence-corrected chi connectivity index (χ2v) is 7.59. The van der Waals surface area contributed by atoms with Crippen molar-refractivity contribution in [3.05, 3.63) is 76.5 Å². The molecule has 4 nitrogen and oxygen atoms in total. The van der Waals surface area contributed by atoms with Gasteiger partial charge in [-0.3, -0.25) is 14.7 Å². The summed E-state index contributed by atoms with van der Waals surface area (Å²) in [7, 11) is 0. The van der Waals surface area contributed by atoms with E-state index in [1.165, 1.54) is 0 Å². The maximum absolute atomic E-state index is 11.8. The van der Waals surface area contributed by atoms with Gasteiger partial charge in [-0.25, -0.2) is 0 Å². The number of likely N-dealkylation sites (tertiary alicyclic amines) is 1. The van der Waals surface area contributed by atoms with E-state index < -0.39 is 12.0 Å². The molecule has 0 saturated carbocycles. The molecule has 1 fully saturated rings. The smallest absolute Gasteiger partial charge is 0.320 e. The Morgan fingerprint density at radius 1 is 1.12 bits per heavy atom. The van der Waals surface area contributed by atoms with Gasteiger partial charge in [-0.2, -0.15) is 0 Å². The van der Waals surface area contributed by atoms with E-state index in [2.05, 4.69) is 56.1 Å². The van der Waals surface area contributed by atoms with Gasteiger partial charge in [-0.05, 0) is 53.6 Å². The third-order valence-corrected chi connectivity index (χ3v) is 5.61. The maximum atomic E-state index is 11.8. The summed E-state index contributed by atoms with van der Waals surface area (Å²) in [5, 5.41) is 11.9. The van der Waals surface area contributed by atoms with Crippen molar-refractivity contribution in [3.63, 3.8) is 0 Å². The van der Waals surface area contributed by atoms with Gasteiger partial charge in [0.1, 0.15) is 6.04 Å². The van der Waals surface area contributed by atoms with Crippen LogP contribution in [0, 0.1) is 0 Å². The van der Waals surface area contributed by atoms with Crippen LogP contribution in [0.15, 0.2) is 65.4 Å². The average Bonchev–Trinajstić information content (AvgIpc) is 3.13. The summed E-state index contributed by atoms with van der Waals surface area (Å²) in [5.74, 6) is -0.741. The normalized spacial score (nSPS) is 18.9. The van der Waals surface area contributed by atoms with Crippen LogP contribution in [0.4, 0.5) is 0 Å². The molecule has 2 heterocycles. The van der Waals surface area contributed by atoms with Crippen molar-refractivity contribution in [2.24, 2.45) is 0 Å². The highest BCUT2D eigenvalue weighted by Gasteiger charge is 2.36. The lowest BCUT2D eigenvalue weighted by Gasteiger charge is -2.32. The number of carbonyl (C=O) groups is 1. The number of carboxylic acid groups (broad SMARTS) is 1. The van der Waals surface area contributed by atoms with Gasteiger partial charge in [-0.1, -0.05) is 40.2 Å². The quantitative estimate of drug-likeness (QED) is 0.680. The van der Waals surface area contributed by atoms with Crippen molar-refractivity contribution in [2.75, 3.05) is 6.54 Å². The molecule has 0 radical (unpaired) electrons. The average molecular weight is 411 g/mol. The van der Waals surface area contributed by atoms with Crippen LogP contribution in [0.5, 0.6) is 0 Å². The summed E-state index contributed by atoms with van der Waals surface area (Å²) in [5.41, 5.74) is 2.22. The number of fused-ring (bicyclic) bond motifs is 1. The second-order valence-electron chi connectivity index (χ2n) is 6.67. The van der Waals surface area contributed by atoms with Crippen LogP contribution in [0.25, 0.3) is 10.8 Å². The third kappa shape index (κ3) is 3.24. The van der Waals surface area contributed by atoms with Gasteiger partial charge in [0.15, 0.2) is 0 Å². The van der Waals surface area contributed by atoms with Crippen molar-refractivity contribution in [1.82, 2.24) is 9.88 Å². The monoisotopic (exact) mass is 410 g/mol. The lowest BCUT2D eigenvalue weighted by Crippen LogP contribution is -2.39. The molecule has 2 aromatic carbocycles. The molecule has 0 aliphatic carbocycles. The van der Waals surface area contributed by atoms with Gasteiger partial charge in [0.25, 0.3) is 0 Å². The Morgan fingerprint density at radius 3 is 2.65 bits per heavy atom. The van der Waals surface area contributed by atoms with Crippen LogP contribution in [0.2, 0.25) is 0 Å². The van der Waals surface area contributed by atoms with E-state index in [1.807, 2.05) is 24.4 Å². The van der Waals surface area contributed by atoms with Crippen molar-refractivity contribution in [1.29, 1.82) is 0 Å². The summed E-state index contributed by atoms with van der Waals surface area (Å²) in [6.45, 7) is 0.784. The molecule has 0 amide bonds. The third-order valence-electron chi connectivity index (χ3n) is 5.08. The predicted octanol–water partition coefficient (Wildman–Crippen LogP) is 4.64. The molecular formula is C21H19BrN2O2. The number of pyridine rings is 1. The van der Waals surface area contributed by atoms with E-state index in [0.29, 0.717) is 6.42 Å². The Hall–Kier alpha value is -2.24. The number of aromatic nitrogens is 1. The first-order chi connectivity index (χ1) is 12.6. The minimum atomic E-state index is -0.741. The van der Waals surface area contributed by atoms with Gasteiger partial charge >= 0.3 is 5.97 Å². The maximum Gasteiger partial charge on any atom is 0.320 e. The number of hydrogen-bond acceptors (Lipinski definition) is 3. The largest absolute Gasteiger partial charge is 0.480 e. The lowest BCUT2D eigenvalue weighted by molar-refractivity contribution is -0.142. The Balaban J connectivity index is 1.83. The Morgan fingerprint density at radius 2 is 1.88 bits per heavy atom. The number of hydrogen-bond donors (Lipinski definition) is 1. The zero-order valence-electron chi connectivity index (χ0n) is 14.2. The van der Waals surface area contributed by atoms with E-state index in [4.69, 9.17) is 0 Å². The number of rotatable bonds is 4. The SMILES string of the molecule is O=C(O)C1CCCN1C(c1ccc(Br)cc1)c1ccc2cnccc2c1. The van der Waals surface area contributed by atoms with Gasteiger partial charge in [0, 0.05) is 28.8 Å². The van der Waals surface area contributed by atoms with E-state index in [-0.39, 0.29) is 6.04 Å². The summed E-state index contributed by atoms with van der Waals surface area (Å²) in [4.78, 5) is 18.1. The fraction of sp³-hybridized carbons (Fsp3) is 0.238. The fourth-order valence-corrected chi connectivity index (χ4v) is 4.12. The highest BCUT2D eigenvalue weighted by Crippen LogP contribution is 2.36. The molecule has 1 saturated heterocycles. The molecule has 132 valence electrons. The molecule has 0 bridgehead atoms. The van der Waals surface area contributed by atoms with Crippen LogP contribution in [-0.4, -0.2) is 33.5 Å². The van der Waals surface area contributed by atoms with Crippen LogP contribution < -0.4 is 0 Å². The van der Waals surface area contributed by atoms with Crippen molar-refractivity contribution in [3.8, 4) is 0 Å². The van der Waals surface area contributed by atoms with E-state index in [9.17, 15) is 9.90 Å². The van der Waals surface area contributed by atoms with Crippen LogP contribution in [0.3, 0.4) is 0 Å². The zero-order chi connectivity index (χ0) is 18.1. The highest BCUT2D eigenvalue weighted by atomic mass is 79.9. The number of benzene rings is 2. The molecule has 1 aliphatic rings. The topological polar surface area (TPSA) is 53.4 Å². The van der Waals surface area contributed by atoms with Gasteiger partial charge in [0.2, 0.25) is 0 Å². The summed E-state index contributed by atoms with van der Waals surface area (Å²) < 4.78 is 1.01. The molecule has 1 aliphatic heterocycles. The van der Waals surface area contributed by atoms with E-state index in [1.54, 1.807) is 6.20 Å². The number of halogens is 1. The highest BCUT2D eigenvalue weighted by molar-refractivity contribution is 9.10. The predicted molar refractivity (Wildman–Crippen MR) is 105 cm³/mol. The Bertz CT molecular complexity index is 942. The van der Waals surface area contributed by atoms with E-state index in [0.717, 1.165) is 39.3 Å². The molecule has 1 N–H and O–H groups in total. The molecule has 0 spiro atoms. The van der Waals surface area contributed by atoms with Crippen molar-refractivity contribution < 1.29 is 9.90 Å². The van der Waals surface area contributed by atoms with Gasteiger partial charge in [0.05, 0.1) is 6.04 Å². The fourth-order valence-electron chi connectivity index (χ4n) is 3.86. The van der Waals surface area contributed by atoms with Crippen molar-refractivity contribution in [2.45, 2.75) is 24.9 Å². The first-order valence-corrected chi connectivity index (χ1v) is 9.50. The first kappa shape index (κ1) is 17.2. The summed E-state index contributed by atoms with van der Waals surface area (Å²) in [6, 6.07) is 15.9. The van der Waals surface area contributed by atoms with Crippen LogP contribution in [-0.2, 0) is 4.79 Å². The standard InChI is InChI=1S/C21H19BrN2O2/c22-18-7-5-14(6-8-18)20(24-11-1-2-19(24)21(25)26)16-3-4-17-13-23-10-9-15(17)12-16/h3-10,12-13,19-20H,1-2,11H2,(H,25,26). The number of nitrogens with zero attached hydrogens (tertiary/aromatic N) is 2. The minimum absolute atomic E-state index is 0.0794. The van der Waals surface area contributed by atoms with Gasteiger partial charge < -0.3 is 5.11 Å². The molecule has 2 unspecified atom stereocenters. The summed E-state index contributed by atoms with van der Waals surface area (Å²) >= 11 is 3.49. The Kier molecular flexibility index (Phi) is 4.74. The van der Waals surface area contributed by atoms with Gasteiger partial charge in [-0.15, -0.1) is 0 Å². The second kappa shape index (κ2) is 7.17. The molecular weight excluding hydrogens is 392 g/mol. The van der Waals surface area contributed by atoms with E-state index >= 15 is 0 Å². The molecule has 5 heteroatoms. The van der Waals surface area contributed by atoms with Crippen LogP contribution in [0.1, 0.15) is 30.0 Å². The molecule has 3 aromatic rings. The first-order valence-electron chi connectivity index (χ1n) is 8.71. The molecule has 4 rings (SSSR count). The molecule has 1 aromatic heterocycles.